The third kappa shape index (κ3) is 1.29. The van der Waals surface area contributed by atoms with Crippen LogP contribution in [-0.4, -0.2) is 11.1 Å². The lowest BCUT2D eigenvalue weighted by Crippen LogP contribution is -2.55. The van der Waals surface area contributed by atoms with Gasteiger partial charge in [0.1, 0.15) is 0 Å². The van der Waals surface area contributed by atoms with Gasteiger partial charge in [0.2, 0.25) is 0 Å². The van der Waals surface area contributed by atoms with E-state index in [0.29, 0.717) is 17.8 Å². The van der Waals surface area contributed by atoms with Gasteiger partial charge < -0.3 is 5.11 Å². The minimum absolute atomic E-state index is 0.0964. The Morgan fingerprint density at radius 2 is 2.00 bits per heavy atom. The standard InChI is InChI=1S/C20H28O2/c1-2-19(11-13-9-17(19)16-5-3-4-15(13)16)20(18(21)22)10-12-6-7-14(20)8-12/h6-7,12-17H,2-5,8-11H2,1H3,(H,21,22). The topological polar surface area (TPSA) is 37.3 Å². The highest BCUT2D eigenvalue weighted by Crippen LogP contribution is 2.76. The highest BCUT2D eigenvalue weighted by atomic mass is 16.4. The van der Waals surface area contributed by atoms with Crippen molar-refractivity contribution < 1.29 is 9.90 Å². The van der Waals surface area contributed by atoms with Crippen LogP contribution in [0.2, 0.25) is 0 Å². The molecule has 2 nitrogen and oxygen atoms in total. The predicted octanol–water partition coefficient (Wildman–Crippen LogP) is 4.51. The fourth-order valence-corrected chi connectivity index (χ4v) is 8.39. The van der Waals surface area contributed by atoms with Gasteiger partial charge in [-0.25, -0.2) is 0 Å². The fourth-order valence-electron chi connectivity index (χ4n) is 8.39. The maximum absolute atomic E-state index is 12.6. The first-order chi connectivity index (χ1) is 10.6. The van der Waals surface area contributed by atoms with Crippen LogP contribution in [0.15, 0.2) is 12.2 Å². The second kappa shape index (κ2) is 4.19. The highest BCUT2D eigenvalue weighted by Gasteiger charge is 2.72. The van der Waals surface area contributed by atoms with Crippen LogP contribution in [0, 0.1) is 46.3 Å². The summed E-state index contributed by atoms with van der Waals surface area (Å²) in [4.78, 5) is 12.6. The summed E-state index contributed by atoms with van der Waals surface area (Å²) in [6, 6.07) is 0. The van der Waals surface area contributed by atoms with Crippen molar-refractivity contribution >= 4 is 5.97 Å². The Kier molecular flexibility index (Phi) is 2.59. The van der Waals surface area contributed by atoms with Crippen molar-refractivity contribution in [3.63, 3.8) is 0 Å². The molecule has 8 atom stereocenters. The van der Waals surface area contributed by atoms with Crippen LogP contribution >= 0.6 is 0 Å². The van der Waals surface area contributed by atoms with Crippen LogP contribution in [0.1, 0.15) is 58.3 Å². The Balaban J connectivity index is 1.62. The molecule has 5 rings (SSSR count). The third-order valence-electron chi connectivity index (χ3n) is 8.93. The fraction of sp³-hybridized carbons (Fsp3) is 0.850. The summed E-state index contributed by atoms with van der Waals surface area (Å²) in [6.45, 7) is 2.30. The summed E-state index contributed by atoms with van der Waals surface area (Å²) in [5.41, 5.74) is -0.340. The summed E-state index contributed by atoms with van der Waals surface area (Å²) in [5.74, 6) is 3.75. The van der Waals surface area contributed by atoms with Crippen molar-refractivity contribution in [2.45, 2.75) is 58.3 Å². The molecule has 0 aliphatic heterocycles. The van der Waals surface area contributed by atoms with Gasteiger partial charge in [-0.15, -0.1) is 0 Å². The highest BCUT2D eigenvalue weighted by molar-refractivity contribution is 5.78. The number of fused-ring (bicyclic) bond motifs is 7. The van der Waals surface area contributed by atoms with E-state index >= 15 is 0 Å². The molecule has 4 saturated carbocycles. The first kappa shape index (κ1) is 13.6. The SMILES string of the molecule is CCC1(C2(C(=O)O)CC3C=CC2C3)CC2CC1C1CCCC21. The molecule has 5 aliphatic rings. The van der Waals surface area contributed by atoms with Gasteiger partial charge >= 0.3 is 5.97 Å². The molecule has 0 radical (unpaired) electrons. The normalized spacial score (nSPS) is 57.7. The number of carboxylic acid groups (broad SMARTS) is 1. The molecular formula is C20H28O2. The average Bonchev–Trinajstić information content (AvgIpc) is 3.27. The van der Waals surface area contributed by atoms with E-state index in [2.05, 4.69) is 19.1 Å². The molecule has 0 aromatic heterocycles. The van der Waals surface area contributed by atoms with Gasteiger partial charge in [0.15, 0.2) is 0 Å². The molecule has 0 aromatic carbocycles. The van der Waals surface area contributed by atoms with Crippen LogP contribution in [-0.2, 0) is 4.79 Å². The summed E-state index contributed by atoms with van der Waals surface area (Å²) in [7, 11) is 0. The first-order valence-corrected chi connectivity index (χ1v) is 9.54. The second-order valence-electron chi connectivity index (χ2n) is 9.04. The quantitative estimate of drug-likeness (QED) is 0.779. The number of rotatable bonds is 3. The molecule has 8 unspecified atom stereocenters. The zero-order valence-corrected chi connectivity index (χ0v) is 13.6. The van der Waals surface area contributed by atoms with E-state index < -0.39 is 11.4 Å². The van der Waals surface area contributed by atoms with Gasteiger partial charge in [-0.2, -0.15) is 0 Å². The summed E-state index contributed by atoms with van der Waals surface area (Å²) in [6.07, 6.45) is 14.5. The van der Waals surface area contributed by atoms with Crippen molar-refractivity contribution in [3.8, 4) is 0 Å². The lowest BCUT2D eigenvalue weighted by atomic mass is 9.48. The zero-order valence-electron chi connectivity index (χ0n) is 13.6. The lowest BCUT2D eigenvalue weighted by Gasteiger charge is -2.54. The van der Waals surface area contributed by atoms with Gasteiger partial charge in [-0.1, -0.05) is 25.5 Å². The molecule has 4 bridgehead atoms. The molecular weight excluding hydrogens is 272 g/mol. The summed E-state index contributed by atoms with van der Waals surface area (Å²) in [5, 5.41) is 10.4. The van der Waals surface area contributed by atoms with Crippen molar-refractivity contribution in [1.82, 2.24) is 0 Å². The Morgan fingerprint density at radius 1 is 1.18 bits per heavy atom. The lowest BCUT2D eigenvalue weighted by molar-refractivity contribution is -0.170. The maximum Gasteiger partial charge on any atom is 0.310 e. The number of carbonyl (C=O) groups is 1. The molecule has 5 aliphatic carbocycles. The van der Waals surface area contributed by atoms with E-state index in [4.69, 9.17) is 0 Å². The first-order valence-electron chi connectivity index (χ1n) is 9.54. The second-order valence-corrected chi connectivity index (χ2v) is 9.04. The molecule has 0 saturated heterocycles. The molecule has 4 fully saturated rings. The van der Waals surface area contributed by atoms with Crippen molar-refractivity contribution in [2.75, 3.05) is 0 Å². The molecule has 0 aromatic rings. The van der Waals surface area contributed by atoms with E-state index in [9.17, 15) is 9.90 Å². The zero-order chi connectivity index (χ0) is 15.1. The van der Waals surface area contributed by atoms with Crippen LogP contribution in [0.3, 0.4) is 0 Å². The van der Waals surface area contributed by atoms with E-state index in [1.165, 1.54) is 32.1 Å². The smallest absolute Gasteiger partial charge is 0.310 e. The van der Waals surface area contributed by atoms with Crippen molar-refractivity contribution in [3.05, 3.63) is 12.2 Å². The van der Waals surface area contributed by atoms with Crippen molar-refractivity contribution in [2.24, 2.45) is 46.3 Å². The largest absolute Gasteiger partial charge is 0.481 e. The van der Waals surface area contributed by atoms with Gasteiger partial charge in [0.05, 0.1) is 5.41 Å². The Hall–Kier alpha value is -0.790. The number of hydrogen-bond acceptors (Lipinski definition) is 1. The Bertz CT molecular complexity index is 552. The molecule has 1 N–H and O–H groups in total. The van der Waals surface area contributed by atoms with Crippen LogP contribution < -0.4 is 0 Å². The maximum atomic E-state index is 12.6. The molecule has 0 spiro atoms. The molecule has 0 amide bonds. The number of aliphatic carboxylic acids is 1. The third-order valence-corrected chi connectivity index (χ3v) is 8.93. The summed E-state index contributed by atoms with van der Waals surface area (Å²) < 4.78 is 0. The summed E-state index contributed by atoms with van der Waals surface area (Å²) >= 11 is 0. The van der Waals surface area contributed by atoms with E-state index in [1.807, 2.05) is 0 Å². The molecule has 22 heavy (non-hydrogen) atoms. The number of hydrogen-bond donors (Lipinski definition) is 1. The van der Waals surface area contributed by atoms with Gasteiger partial charge in [0.25, 0.3) is 0 Å². The molecule has 120 valence electrons. The minimum Gasteiger partial charge on any atom is -0.481 e. The van der Waals surface area contributed by atoms with E-state index in [0.717, 1.165) is 37.0 Å². The van der Waals surface area contributed by atoms with Crippen LogP contribution in [0.4, 0.5) is 0 Å². The minimum atomic E-state index is -0.465. The van der Waals surface area contributed by atoms with Crippen LogP contribution in [0.25, 0.3) is 0 Å². The number of allylic oxidation sites excluding steroid dienone is 2. The van der Waals surface area contributed by atoms with Gasteiger partial charge in [-0.3, -0.25) is 4.79 Å². The monoisotopic (exact) mass is 300 g/mol. The Labute approximate surface area is 133 Å². The number of carboxylic acids is 1. The van der Waals surface area contributed by atoms with E-state index in [-0.39, 0.29) is 5.41 Å². The predicted molar refractivity (Wildman–Crippen MR) is 85.2 cm³/mol. The molecule has 0 heterocycles. The van der Waals surface area contributed by atoms with Crippen molar-refractivity contribution in [1.29, 1.82) is 0 Å². The van der Waals surface area contributed by atoms with Gasteiger partial charge in [-0.05, 0) is 85.9 Å². The molecule has 2 heteroatoms. The Morgan fingerprint density at radius 3 is 2.64 bits per heavy atom. The average molecular weight is 300 g/mol. The van der Waals surface area contributed by atoms with Crippen LogP contribution in [0.5, 0.6) is 0 Å². The van der Waals surface area contributed by atoms with Gasteiger partial charge in [0, 0.05) is 0 Å². The van der Waals surface area contributed by atoms with E-state index in [1.54, 1.807) is 0 Å².